The highest BCUT2D eigenvalue weighted by atomic mass is 35.5. The highest BCUT2D eigenvalue weighted by molar-refractivity contribution is 6.20. The molecule has 1 heterocycles. The summed E-state index contributed by atoms with van der Waals surface area (Å²) in [6, 6.07) is 7.09. The van der Waals surface area contributed by atoms with Crippen molar-refractivity contribution in [3.05, 3.63) is 29.6 Å². The molecule has 1 aromatic carbocycles. The van der Waals surface area contributed by atoms with Gasteiger partial charge in [-0.05, 0) is 50.3 Å². The Labute approximate surface area is 119 Å². The number of aromatic nitrogens is 2. The molecule has 1 aliphatic rings. The van der Waals surface area contributed by atoms with Crippen LogP contribution in [0.1, 0.15) is 55.9 Å². The fourth-order valence-corrected chi connectivity index (χ4v) is 3.52. The number of rotatable bonds is 2. The number of benzene rings is 1. The van der Waals surface area contributed by atoms with Crippen LogP contribution in [0.5, 0.6) is 0 Å². The normalized spacial score (nSPS) is 25.1. The molecule has 3 heteroatoms. The number of fused-ring (bicyclic) bond motifs is 1. The molecule has 102 valence electrons. The summed E-state index contributed by atoms with van der Waals surface area (Å²) in [4.78, 5) is 4.78. The highest BCUT2D eigenvalue weighted by Crippen LogP contribution is 2.40. The van der Waals surface area contributed by atoms with Crippen LogP contribution in [0.3, 0.4) is 0 Å². The zero-order valence-corrected chi connectivity index (χ0v) is 12.6. The zero-order chi connectivity index (χ0) is 13.6. The predicted octanol–water partition coefficient (Wildman–Crippen LogP) is 5.01. The molecule has 1 saturated carbocycles. The van der Waals surface area contributed by atoms with Gasteiger partial charge in [-0.3, -0.25) is 0 Å². The summed E-state index contributed by atoms with van der Waals surface area (Å²) in [7, 11) is 0. The minimum Gasteiger partial charge on any atom is -0.323 e. The van der Waals surface area contributed by atoms with Gasteiger partial charge in [0, 0.05) is 6.04 Å². The van der Waals surface area contributed by atoms with E-state index in [9.17, 15) is 0 Å². The number of hydrogen-bond acceptors (Lipinski definition) is 1. The molecule has 1 aliphatic carbocycles. The smallest absolute Gasteiger partial charge is 0.127 e. The van der Waals surface area contributed by atoms with Gasteiger partial charge in [0.1, 0.15) is 5.82 Å². The molecule has 0 saturated heterocycles. The van der Waals surface area contributed by atoms with Gasteiger partial charge >= 0.3 is 0 Å². The molecule has 3 rings (SSSR count). The third kappa shape index (κ3) is 2.16. The van der Waals surface area contributed by atoms with Crippen molar-refractivity contribution in [2.24, 2.45) is 5.92 Å². The number of aryl methyl sites for hydroxylation is 1. The lowest BCUT2D eigenvalue weighted by molar-refractivity contribution is 0.405. The Balaban J connectivity index is 2.22. The Hall–Kier alpha value is -1.02. The topological polar surface area (TPSA) is 17.8 Å². The quantitative estimate of drug-likeness (QED) is 0.705. The van der Waals surface area contributed by atoms with Crippen molar-refractivity contribution in [1.29, 1.82) is 0 Å². The molecule has 3 atom stereocenters. The number of imidazole rings is 1. The summed E-state index contributed by atoms with van der Waals surface area (Å²) in [5, 5.41) is -0.0412. The van der Waals surface area contributed by atoms with E-state index < -0.39 is 0 Å². The van der Waals surface area contributed by atoms with Crippen LogP contribution in [0.2, 0.25) is 0 Å². The van der Waals surface area contributed by atoms with E-state index in [4.69, 9.17) is 16.6 Å². The fraction of sp³-hybridized carbons (Fsp3) is 0.562. The maximum atomic E-state index is 6.36. The van der Waals surface area contributed by atoms with E-state index in [2.05, 4.69) is 36.6 Å². The molecule has 0 bridgehead atoms. The van der Waals surface area contributed by atoms with Crippen molar-refractivity contribution in [3.63, 3.8) is 0 Å². The van der Waals surface area contributed by atoms with Crippen LogP contribution in [-0.4, -0.2) is 9.55 Å². The largest absolute Gasteiger partial charge is 0.323 e. The number of alkyl halides is 1. The molecular formula is C16H21ClN2. The molecule has 0 aliphatic heterocycles. The molecule has 2 nitrogen and oxygen atoms in total. The van der Waals surface area contributed by atoms with Gasteiger partial charge in [-0.1, -0.05) is 19.4 Å². The summed E-state index contributed by atoms with van der Waals surface area (Å²) in [6.07, 6.45) is 3.87. The molecule has 0 N–H and O–H groups in total. The maximum Gasteiger partial charge on any atom is 0.127 e. The monoisotopic (exact) mass is 276 g/mol. The van der Waals surface area contributed by atoms with E-state index in [0.717, 1.165) is 11.3 Å². The van der Waals surface area contributed by atoms with Crippen molar-refractivity contribution in [2.75, 3.05) is 0 Å². The summed E-state index contributed by atoms with van der Waals surface area (Å²) in [6.45, 7) is 6.48. The molecule has 0 radical (unpaired) electrons. The molecule has 19 heavy (non-hydrogen) atoms. The maximum absolute atomic E-state index is 6.36. The first-order valence-electron chi connectivity index (χ1n) is 7.20. The lowest BCUT2D eigenvalue weighted by Gasteiger charge is -2.21. The van der Waals surface area contributed by atoms with Crippen molar-refractivity contribution < 1.29 is 0 Å². The molecule has 1 fully saturated rings. The first-order valence-corrected chi connectivity index (χ1v) is 7.64. The van der Waals surface area contributed by atoms with E-state index in [1.165, 1.54) is 30.3 Å². The summed E-state index contributed by atoms with van der Waals surface area (Å²) in [5.41, 5.74) is 3.58. The molecular weight excluding hydrogens is 256 g/mol. The van der Waals surface area contributed by atoms with Gasteiger partial charge in [0.15, 0.2) is 0 Å². The minimum atomic E-state index is -0.0412. The summed E-state index contributed by atoms with van der Waals surface area (Å²) >= 11 is 6.36. The van der Waals surface area contributed by atoms with E-state index in [1.54, 1.807) is 0 Å². The van der Waals surface area contributed by atoms with E-state index in [0.29, 0.717) is 12.0 Å². The van der Waals surface area contributed by atoms with E-state index >= 15 is 0 Å². The van der Waals surface area contributed by atoms with Crippen LogP contribution < -0.4 is 0 Å². The Bertz CT molecular complexity index is 600. The van der Waals surface area contributed by atoms with Crippen molar-refractivity contribution >= 4 is 22.6 Å². The molecule has 0 amide bonds. The second kappa shape index (κ2) is 4.82. The molecule has 2 aromatic rings. The second-order valence-corrected chi connectivity index (χ2v) is 6.58. The van der Waals surface area contributed by atoms with Crippen molar-refractivity contribution in [3.8, 4) is 0 Å². The van der Waals surface area contributed by atoms with Crippen LogP contribution in [0.15, 0.2) is 18.2 Å². The average molecular weight is 277 g/mol. The highest BCUT2D eigenvalue weighted by Gasteiger charge is 2.29. The Morgan fingerprint density at radius 3 is 2.79 bits per heavy atom. The second-order valence-electron chi connectivity index (χ2n) is 5.92. The first kappa shape index (κ1) is 13.0. The Morgan fingerprint density at radius 2 is 2.16 bits per heavy atom. The lowest BCUT2D eigenvalue weighted by Crippen LogP contribution is -2.15. The zero-order valence-electron chi connectivity index (χ0n) is 11.9. The first-order chi connectivity index (χ1) is 9.08. The fourth-order valence-electron chi connectivity index (χ4n) is 3.37. The number of halogens is 1. The van der Waals surface area contributed by atoms with Gasteiger partial charge in [0.25, 0.3) is 0 Å². The van der Waals surface area contributed by atoms with Crippen molar-refractivity contribution in [2.45, 2.75) is 51.5 Å². The van der Waals surface area contributed by atoms with Gasteiger partial charge in [-0.2, -0.15) is 0 Å². The number of nitrogens with zero attached hydrogens (tertiary/aromatic N) is 2. The van der Waals surface area contributed by atoms with Crippen LogP contribution in [0.25, 0.3) is 11.0 Å². The van der Waals surface area contributed by atoms with Crippen LogP contribution in [0.4, 0.5) is 0 Å². The molecule has 0 spiro atoms. The third-order valence-electron chi connectivity index (χ3n) is 4.38. The predicted molar refractivity (Wildman–Crippen MR) is 80.8 cm³/mol. The van der Waals surface area contributed by atoms with Crippen LogP contribution in [0, 0.1) is 12.8 Å². The molecule has 3 unspecified atom stereocenters. The van der Waals surface area contributed by atoms with Crippen molar-refractivity contribution in [1.82, 2.24) is 9.55 Å². The van der Waals surface area contributed by atoms with E-state index in [-0.39, 0.29) is 5.38 Å². The van der Waals surface area contributed by atoms with Gasteiger partial charge in [-0.25, -0.2) is 4.98 Å². The van der Waals surface area contributed by atoms with Gasteiger partial charge in [0.05, 0.1) is 16.4 Å². The standard InChI is InChI=1S/C16H21ClN2/c1-10-7-8-15-13(9-10)18-16(12(3)17)19(15)14-6-4-5-11(14)2/h7-9,11-12,14H,4-6H2,1-3H3. The Morgan fingerprint density at radius 1 is 1.37 bits per heavy atom. The van der Waals surface area contributed by atoms with Crippen LogP contribution in [-0.2, 0) is 0 Å². The van der Waals surface area contributed by atoms with E-state index in [1.807, 2.05) is 6.92 Å². The number of hydrogen-bond donors (Lipinski definition) is 0. The van der Waals surface area contributed by atoms with Gasteiger partial charge in [-0.15, -0.1) is 11.6 Å². The van der Waals surface area contributed by atoms with Gasteiger partial charge in [0.2, 0.25) is 0 Å². The SMILES string of the molecule is Cc1ccc2c(c1)nc(C(C)Cl)n2C1CCCC1C. The minimum absolute atomic E-state index is 0.0412. The Kier molecular flexibility index (Phi) is 3.30. The lowest BCUT2D eigenvalue weighted by atomic mass is 10.1. The third-order valence-corrected chi connectivity index (χ3v) is 4.57. The van der Waals surface area contributed by atoms with Crippen LogP contribution >= 0.6 is 11.6 Å². The summed E-state index contributed by atoms with van der Waals surface area (Å²) < 4.78 is 2.41. The molecule has 1 aromatic heterocycles. The van der Waals surface area contributed by atoms with Gasteiger partial charge < -0.3 is 4.57 Å². The average Bonchev–Trinajstić information content (AvgIpc) is 2.91. The summed E-state index contributed by atoms with van der Waals surface area (Å²) in [5.74, 6) is 1.74.